The number of ketones is 1. The quantitative estimate of drug-likeness (QED) is 0.368. The van der Waals surface area contributed by atoms with Gasteiger partial charge in [0, 0.05) is 5.56 Å². The van der Waals surface area contributed by atoms with Gasteiger partial charge in [-0.15, -0.1) is 0 Å². The Labute approximate surface area is 112 Å². The molecule has 6 heteroatoms. The van der Waals surface area contributed by atoms with Crippen LogP contribution in [0, 0.1) is 0 Å². The molecule has 0 spiro atoms. The van der Waals surface area contributed by atoms with E-state index in [1.165, 1.54) is 0 Å². The Balaban J connectivity index is 2.16. The largest absolute Gasteiger partial charge is 0.465 e. The SMILES string of the molecule is CCOC(=O)C(Br)C(=O)c1ccc2c(c1)OCO2. The lowest BCUT2D eigenvalue weighted by Crippen LogP contribution is -2.26. The molecule has 0 N–H and O–H groups in total. The van der Waals surface area contributed by atoms with Crippen molar-refractivity contribution in [2.45, 2.75) is 11.8 Å². The summed E-state index contributed by atoms with van der Waals surface area (Å²) in [5.41, 5.74) is 0.370. The second kappa shape index (κ2) is 5.39. The zero-order chi connectivity index (χ0) is 13.1. The van der Waals surface area contributed by atoms with Gasteiger partial charge in [0.05, 0.1) is 6.61 Å². The number of esters is 1. The molecule has 0 amide bonds. The van der Waals surface area contributed by atoms with Crippen LogP contribution in [-0.4, -0.2) is 30.0 Å². The van der Waals surface area contributed by atoms with E-state index in [2.05, 4.69) is 15.9 Å². The average Bonchev–Trinajstić information content (AvgIpc) is 2.84. The summed E-state index contributed by atoms with van der Waals surface area (Å²) in [5.74, 6) is 0.130. The molecule has 0 fully saturated rings. The fourth-order valence-corrected chi connectivity index (χ4v) is 1.92. The molecule has 0 bridgehead atoms. The zero-order valence-corrected chi connectivity index (χ0v) is 11.2. The predicted octanol–water partition coefficient (Wildman–Crippen LogP) is 1.92. The molecule has 0 aromatic heterocycles. The summed E-state index contributed by atoms with van der Waals surface area (Å²) in [6.07, 6.45) is 0. The number of carbonyl (C=O) groups is 2. The Bertz CT molecular complexity index is 485. The van der Waals surface area contributed by atoms with E-state index in [0.717, 1.165) is 0 Å². The van der Waals surface area contributed by atoms with Gasteiger partial charge in [0.25, 0.3) is 0 Å². The zero-order valence-electron chi connectivity index (χ0n) is 9.64. The van der Waals surface area contributed by atoms with Gasteiger partial charge in [-0.1, -0.05) is 15.9 Å². The Hall–Kier alpha value is -1.56. The van der Waals surface area contributed by atoms with Gasteiger partial charge in [0.2, 0.25) is 6.79 Å². The molecule has 0 aliphatic carbocycles. The number of ether oxygens (including phenoxy) is 3. The highest BCUT2D eigenvalue weighted by atomic mass is 79.9. The van der Waals surface area contributed by atoms with Crippen molar-refractivity contribution < 1.29 is 23.8 Å². The van der Waals surface area contributed by atoms with Gasteiger partial charge in [-0.05, 0) is 25.1 Å². The first-order valence-corrected chi connectivity index (χ1v) is 6.29. The molecule has 1 unspecified atom stereocenters. The lowest BCUT2D eigenvalue weighted by atomic mass is 10.1. The first-order valence-electron chi connectivity index (χ1n) is 5.38. The Morgan fingerprint density at radius 1 is 1.39 bits per heavy atom. The number of carbonyl (C=O) groups excluding carboxylic acids is 2. The normalized spacial score (nSPS) is 14.1. The first-order chi connectivity index (χ1) is 8.63. The van der Waals surface area contributed by atoms with Crippen molar-refractivity contribution in [2.24, 2.45) is 0 Å². The summed E-state index contributed by atoms with van der Waals surface area (Å²) in [6.45, 7) is 2.06. The highest BCUT2D eigenvalue weighted by molar-refractivity contribution is 9.10. The summed E-state index contributed by atoms with van der Waals surface area (Å²) in [4.78, 5) is 22.5. The first kappa shape index (κ1) is 12.9. The summed E-state index contributed by atoms with van der Waals surface area (Å²) < 4.78 is 15.1. The van der Waals surface area contributed by atoms with Crippen molar-refractivity contribution in [3.8, 4) is 11.5 Å². The highest BCUT2D eigenvalue weighted by Crippen LogP contribution is 2.33. The third kappa shape index (κ3) is 2.48. The fourth-order valence-electron chi connectivity index (χ4n) is 1.52. The summed E-state index contributed by atoms with van der Waals surface area (Å²) in [5, 5.41) is 0. The van der Waals surface area contributed by atoms with Crippen molar-refractivity contribution in [1.29, 1.82) is 0 Å². The number of rotatable bonds is 4. The third-order valence-corrected chi connectivity index (χ3v) is 3.17. The predicted molar refractivity (Wildman–Crippen MR) is 66.2 cm³/mol. The van der Waals surface area contributed by atoms with E-state index >= 15 is 0 Å². The molecule has 1 heterocycles. The van der Waals surface area contributed by atoms with Crippen molar-refractivity contribution in [3.05, 3.63) is 23.8 Å². The van der Waals surface area contributed by atoms with Crippen molar-refractivity contribution in [1.82, 2.24) is 0 Å². The lowest BCUT2D eigenvalue weighted by molar-refractivity contribution is -0.141. The summed E-state index contributed by atoms with van der Waals surface area (Å²) in [6, 6.07) is 4.78. The van der Waals surface area contributed by atoms with Crippen LogP contribution >= 0.6 is 15.9 Å². The minimum Gasteiger partial charge on any atom is -0.465 e. The number of Topliss-reactive ketones (excluding diaryl/α,β-unsaturated/α-hetero) is 1. The van der Waals surface area contributed by atoms with Crippen molar-refractivity contribution in [2.75, 3.05) is 13.4 Å². The molecule has 5 nitrogen and oxygen atoms in total. The van der Waals surface area contributed by atoms with Gasteiger partial charge in [-0.2, -0.15) is 0 Å². The van der Waals surface area contributed by atoms with E-state index in [9.17, 15) is 9.59 Å². The monoisotopic (exact) mass is 314 g/mol. The van der Waals surface area contributed by atoms with E-state index in [1.54, 1.807) is 25.1 Å². The van der Waals surface area contributed by atoms with Crippen LogP contribution in [0.3, 0.4) is 0 Å². The van der Waals surface area contributed by atoms with Gasteiger partial charge in [0.1, 0.15) is 0 Å². The number of halogens is 1. The molecule has 2 rings (SSSR count). The van der Waals surface area contributed by atoms with Crippen LogP contribution in [0.25, 0.3) is 0 Å². The minimum atomic E-state index is -1.00. The van der Waals surface area contributed by atoms with Gasteiger partial charge < -0.3 is 14.2 Å². The van der Waals surface area contributed by atoms with E-state index in [1.807, 2.05) is 0 Å². The Morgan fingerprint density at radius 2 is 2.11 bits per heavy atom. The van der Waals surface area contributed by atoms with Crippen LogP contribution < -0.4 is 9.47 Å². The molecular weight excluding hydrogens is 304 g/mol. The van der Waals surface area contributed by atoms with E-state index in [0.29, 0.717) is 17.1 Å². The maximum atomic E-state index is 12.0. The average molecular weight is 315 g/mol. The van der Waals surface area contributed by atoms with Crippen LogP contribution in [-0.2, 0) is 9.53 Å². The van der Waals surface area contributed by atoms with Crippen LogP contribution in [0.4, 0.5) is 0 Å². The van der Waals surface area contributed by atoms with Crippen LogP contribution in [0.1, 0.15) is 17.3 Å². The molecule has 18 heavy (non-hydrogen) atoms. The Morgan fingerprint density at radius 3 is 2.83 bits per heavy atom. The summed E-state index contributed by atoms with van der Waals surface area (Å²) >= 11 is 3.03. The van der Waals surface area contributed by atoms with Crippen molar-refractivity contribution in [3.63, 3.8) is 0 Å². The molecule has 1 atom stereocenters. The lowest BCUT2D eigenvalue weighted by Gasteiger charge is -2.08. The van der Waals surface area contributed by atoms with E-state index < -0.39 is 10.8 Å². The van der Waals surface area contributed by atoms with Gasteiger partial charge >= 0.3 is 5.97 Å². The molecule has 0 saturated heterocycles. The fraction of sp³-hybridized carbons (Fsp3) is 0.333. The van der Waals surface area contributed by atoms with E-state index in [-0.39, 0.29) is 19.2 Å². The maximum absolute atomic E-state index is 12.0. The van der Waals surface area contributed by atoms with Crippen LogP contribution in [0.15, 0.2) is 18.2 Å². The van der Waals surface area contributed by atoms with Crippen LogP contribution in [0.5, 0.6) is 11.5 Å². The smallest absolute Gasteiger partial charge is 0.327 e. The second-order valence-electron chi connectivity index (χ2n) is 3.55. The number of benzene rings is 1. The molecular formula is C12H11BrO5. The highest BCUT2D eigenvalue weighted by Gasteiger charge is 2.27. The molecule has 96 valence electrons. The molecule has 1 aliphatic rings. The third-order valence-electron chi connectivity index (χ3n) is 2.38. The van der Waals surface area contributed by atoms with Gasteiger partial charge in [0.15, 0.2) is 22.1 Å². The topological polar surface area (TPSA) is 61.8 Å². The molecule has 0 saturated carbocycles. The van der Waals surface area contributed by atoms with Gasteiger partial charge in [-0.3, -0.25) is 9.59 Å². The number of alkyl halides is 1. The molecule has 1 aromatic carbocycles. The Kier molecular flexibility index (Phi) is 3.86. The second-order valence-corrected chi connectivity index (χ2v) is 4.46. The van der Waals surface area contributed by atoms with Crippen molar-refractivity contribution >= 4 is 27.7 Å². The summed E-state index contributed by atoms with van der Waals surface area (Å²) in [7, 11) is 0. The van der Waals surface area contributed by atoms with E-state index in [4.69, 9.17) is 14.2 Å². The number of fused-ring (bicyclic) bond motifs is 1. The van der Waals surface area contributed by atoms with Crippen LogP contribution in [0.2, 0.25) is 0 Å². The standard InChI is InChI=1S/C12H11BrO5/c1-2-16-12(15)10(13)11(14)7-3-4-8-9(5-7)18-6-17-8/h3-5,10H,2,6H2,1H3. The minimum absolute atomic E-state index is 0.141. The number of hydrogen-bond donors (Lipinski definition) is 0. The molecule has 0 radical (unpaired) electrons. The maximum Gasteiger partial charge on any atom is 0.327 e. The molecule has 1 aliphatic heterocycles. The molecule has 1 aromatic rings. The number of hydrogen-bond acceptors (Lipinski definition) is 5. The van der Waals surface area contributed by atoms with Gasteiger partial charge in [-0.25, -0.2) is 0 Å².